The monoisotopic (exact) mass is 319 g/mol. The van der Waals surface area contributed by atoms with E-state index < -0.39 is 0 Å². The Labute approximate surface area is 120 Å². The average molecular weight is 320 g/mol. The number of nitrogen functional groups attached to an aromatic ring is 1. The van der Waals surface area contributed by atoms with Crippen LogP contribution in [0, 0.1) is 0 Å². The molecule has 0 bridgehead atoms. The van der Waals surface area contributed by atoms with Crippen LogP contribution in [-0.2, 0) is 6.42 Å². The van der Waals surface area contributed by atoms with Crippen LogP contribution in [-0.4, -0.2) is 16.5 Å². The van der Waals surface area contributed by atoms with E-state index >= 15 is 0 Å². The molecule has 0 saturated heterocycles. The Balaban J connectivity index is 2.06. The maximum Gasteiger partial charge on any atom is 0.239 e. The Morgan fingerprint density at radius 2 is 2.21 bits per heavy atom. The van der Waals surface area contributed by atoms with E-state index in [1.54, 1.807) is 6.20 Å². The van der Waals surface area contributed by atoms with E-state index in [4.69, 9.17) is 5.84 Å². The maximum atomic E-state index is 5.37. The highest BCUT2D eigenvalue weighted by atomic mass is 79.9. The zero-order valence-electron chi connectivity index (χ0n) is 10.3. The van der Waals surface area contributed by atoms with Gasteiger partial charge in [-0.05, 0) is 36.6 Å². The van der Waals surface area contributed by atoms with Crippen molar-refractivity contribution >= 4 is 33.4 Å². The maximum absolute atomic E-state index is 5.37. The third kappa shape index (κ3) is 2.29. The summed E-state index contributed by atoms with van der Waals surface area (Å²) in [7, 11) is 0. The molecule has 0 radical (unpaired) electrons. The van der Waals surface area contributed by atoms with Crippen molar-refractivity contribution in [3.63, 3.8) is 0 Å². The summed E-state index contributed by atoms with van der Waals surface area (Å²) < 4.78 is 1.15. The van der Waals surface area contributed by atoms with Crippen molar-refractivity contribution in [3.05, 3.63) is 40.5 Å². The Hall–Kier alpha value is -1.66. The van der Waals surface area contributed by atoms with E-state index in [0.29, 0.717) is 5.95 Å². The lowest BCUT2D eigenvalue weighted by Crippen LogP contribution is -2.26. The minimum atomic E-state index is 0.430. The first-order valence-electron chi connectivity index (χ1n) is 6.14. The summed E-state index contributed by atoms with van der Waals surface area (Å²) in [6.07, 6.45) is 3.90. The number of nitrogens with one attached hydrogen (secondary N) is 1. The predicted molar refractivity (Wildman–Crippen MR) is 79.3 cm³/mol. The molecule has 0 amide bonds. The van der Waals surface area contributed by atoms with Crippen LogP contribution < -0.4 is 16.2 Å². The fourth-order valence-corrected chi connectivity index (χ4v) is 2.94. The summed E-state index contributed by atoms with van der Waals surface area (Å²) in [5.74, 6) is 6.66. The molecule has 0 spiro atoms. The Morgan fingerprint density at radius 3 is 3.05 bits per heavy atom. The van der Waals surface area contributed by atoms with Crippen LogP contribution in [0.5, 0.6) is 0 Å². The lowest BCUT2D eigenvalue weighted by Gasteiger charge is -2.31. The van der Waals surface area contributed by atoms with Crippen LogP contribution in [0.2, 0.25) is 0 Å². The fraction of sp³-hybridized carbons (Fsp3) is 0.231. The van der Waals surface area contributed by atoms with Gasteiger partial charge in [-0.2, -0.15) is 4.98 Å². The van der Waals surface area contributed by atoms with Crippen LogP contribution in [0.1, 0.15) is 12.0 Å². The first kappa shape index (κ1) is 12.4. The van der Waals surface area contributed by atoms with Gasteiger partial charge in [-0.1, -0.05) is 22.0 Å². The highest BCUT2D eigenvalue weighted by Crippen LogP contribution is 2.36. The van der Waals surface area contributed by atoms with Gasteiger partial charge in [-0.15, -0.1) is 0 Å². The second kappa shape index (κ2) is 5.14. The number of anilines is 3. The number of fused-ring (bicyclic) bond motifs is 1. The van der Waals surface area contributed by atoms with E-state index in [9.17, 15) is 0 Å². The van der Waals surface area contributed by atoms with Gasteiger partial charge < -0.3 is 4.90 Å². The second-order valence-electron chi connectivity index (χ2n) is 4.38. The highest BCUT2D eigenvalue weighted by molar-refractivity contribution is 9.10. The Kier molecular flexibility index (Phi) is 3.35. The second-order valence-corrected chi connectivity index (χ2v) is 5.23. The largest absolute Gasteiger partial charge is 0.326 e. The average Bonchev–Trinajstić information content (AvgIpc) is 2.47. The number of hydrogen-bond acceptors (Lipinski definition) is 5. The van der Waals surface area contributed by atoms with Crippen molar-refractivity contribution in [1.29, 1.82) is 0 Å². The van der Waals surface area contributed by atoms with Crippen LogP contribution in [0.25, 0.3) is 0 Å². The Morgan fingerprint density at radius 1 is 1.32 bits per heavy atom. The van der Waals surface area contributed by atoms with Gasteiger partial charge in [0.05, 0.1) is 0 Å². The number of nitrogens with zero attached hydrogens (tertiary/aromatic N) is 3. The smallest absolute Gasteiger partial charge is 0.239 e. The number of halogens is 1. The molecule has 6 heteroatoms. The van der Waals surface area contributed by atoms with Crippen molar-refractivity contribution < 1.29 is 0 Å². The molecule has 0 fully saturated rings. The summed E-state index contributed by atoms with van der Waals surface area (Å²) in [5, 5.41) is 0. The molecule has 0 saturated carbocycles. The Bertz CT molecular complexity index is 601. The van der Waals surface area contributed by atoms with Gasteiger partial charge in [0.2, 0.25) is 5.95 Å². The van der Waals surface area contributed by atoms with Crippen LogP contribution in [0.4, 0.5) is 17.5 Å². The van der Waals surface area contributed by atoms with Crippen LogP contribution in [0.3, 0.4) is 0 Å². The molecule has 3 N–H and O–H groups in total. The number of nitrogens with two attached hydrogens (primary N) is 1. The van der Waals surface area contributed by atoms with Crippen molar-refractivity contribution in [2.75, 3.05) is 16.9 Å². The SMILES string of the molecule is NNc1nccc(N2CCCc3c(Br)cccc32)n1. The molecule has 3 rings (SSSR count). The summed E-state index contributed by atoms with van der Waals surface area (Å²) >= 11 is 3.62. The number of hydrogen-bond donors (Lipinski definition) is 2. The van der Waals surface area contributed by atoms with Crippen molar-refractivity contribution in [3.8, 4) is 0 Å². The van der Waals surface area contributed by atoms with Gasteiger partial charge in [-0.3, -0.25) is 5.43 Å². The molecule has 1 aliphatic rings. The minimum absolute atomic E-state index is 0.430. The zero-order chi connectivity index (χ0) is 13.2. The quantitative estimate of drug-likeness (QED) is 0.658. The first-order valence-corrected chi connectivity index (χ1v) is 6.93. The highest BCUT2D eigenvalue weighted by Gasteiger charge is 2.20. The lowest BCUT2D eigenvalue weighted by atomic mass is 10.0. The molecule has 98 valence electrons. The molecular formula is C13H14BrN5. The summed E-state index contributed by atoms with van der Waals surface area (Å²) in [6, 6.07) is 8.15. The van der Waals surface area contributed by atoms with E-state index in [1.807, 2.05) is 12.1 Å². The van der Waals surface area contributed by atoms with E-state index in [2.05, 4.69) is 48.4 Å². The zero-order valence-corrected chi connectivity index (χ0v) is 11.9. The minimum Gasteiger partial charge on any atom is -0.326 e. The van der Waals surface area contributed by atoms with Gasteiger partial charge >= 0.3 is 0 Å². The summed E-state index contributed by atoms with van der Waals surface area (Å²) in [4.78, 5) is 10.7. The number of aromatic nitrogens is 2. The molecular weight excluding hydrogens is 306 g/mol. The topological polar surface area (TPSA) is 67.1 Å². The standard InChI is InChI=1S/C13H14BrN5/c14-10-4-1-5-11-9(10)3-2-8-19(11)12-6-7-16-13(17-12)18-15/h1,4-7H,2-3,8,15H2,(H,16,17,18). The van der Waals surface area contributed by atoms with E-state index in [0.717, 1.165) is 29.7 Å². The molecule has 5 nitrogen and oxygen atoms in total. The number of benzene rings is 1. The lowest BCUT2D eigenvalue weighted by molar-refractivity contribution is 0.756. The predicted octanol–water partition coefficient (Wildman–Crippen LogP) is 2.61. The molecule has 2 aromatic rings. The third-order valence-corrected chi connectivity index (χ3v) is 3.98. The molecule has 1 aliphatic heterocycles. The van der Waals surface area contributed by atoms with Crippen molar-refractivity contribution in [1.82, 2.24) is 9.97 Å². The van der Waals surface area contributed by atoms with Crippen molar-refractivity contribution in [2.24, 2.45) is 5.84 Å². The van der Waals surface area contributed by atoms with Gasteiger partial charge in [0.1, 0.15) is 5.82 Å². The van der Waals surface area contributed by atoms with E-state index in [1.165, 1.54) is 11.3 Å². The number of rotatable bonds is 2. The van der Waals surface area contributed by atoms with Crippen LogP contribution >= 0.6 is 15.9 Å². The number of hydrazine groups is 1. The van der Waals surface area contributed by atoms with Gasteiger partial charge in [0.25, 0.3) is 0 Å². The normalized spacial score (nSPS) is 14.1. The molecule has 0 aliphatic carbocycles. The first-order chi connectivity index (χ1) is 9.29. The van der Waals surface area contributed by atoms with Gasteiger partial charge in [0, 0.05) is 22.9 Å². The molecule has 2 heterocycles. The molecule has 0 atom stereocenters. The van der Waals surface area contributed by atoms with Crippen molar-refractivity contribution in [2.45, 2.75) is 12.8 Å². The van der Waals surface area contributed by atoms with Gasteiger partial charge in [-0.25, -0.2) is 10.8 Å². The van der Waals surface area contributed by atoms with Gasteiger partial charge in [0.15, 0.2) is 0 Å². The molecule has 1 aromatic heterocycles. The van der Waals surface area contributed by atoms with Crippen LogP contribution in [0.15, 0.2) is 34.9 Å². The molecule has 0 unspecified atom stereocenters. The fourth-order valence-electron chi connectivity index (χ4n) is 2.39. The third-order valence-electron chi connectivity index (χ3n) is 3.24. The summed E-state index contributed by atoms with van der Waals surface area (Å²) in [6.45, 7) is 0.949. The van der Waals surface area contributed by atoms with E-state index in [-0.39, 0.29) is 0 Å². The summed E-state index contributed by atoms with van der Waals surface area (Å²) in [5.41, 5.74) is 5.01. The molecule has 1 aromatic carbocycles. The molecule has 19 heavy (non-hydrogen) atoms.